The Morgan fingerprint density at radius 3 is 3.00 bits per heavy atom. The van der Waals surface area contributed by atoms with Crippen molar-refractivity contribution in [2.75, 3.05) is 6.61 Å². The van der Waals surface area contributed by atoms with E-state index < -0.39 is 12.1 Å². The summed E-state index contributed by atoms with van der Waals surface area (Å²) in [5.41, 5.74) is 0.362. The molecule has 0 radical (unpaired) electrons. The first kappa shape index (κ1) is 10.1. The summed E-state index contributed by atoms with van der Waals surface area (Å²) in [6.45, 7) is 3.77. The first-order chi connectivity index (χ1) is 6.15. The molecule has 0 saturated carbocycles. The average Bonchev–Trinajstić information content (AvgIpc) is 2.51. The fourth-order valence-corrected chi connectivity index (χ4v) is 1.48. The van der Waals surface area contributed by atoms with E-state index in [-0.39, 0.29) is 6.61 Å². The normalized spacial score (nSPS) is 12.5. The van der Waals surface area contributed by atoms with E-state index in [4.69, 9.17) is 0 Å². The molecule has 1 heterocycles. The van der Waals surface area contributed by atoms with Gasteiger partial charge in [0.25, 0.3) is 0 Å². The minimum absolute atomic E-state index is 0.263. The molecular weight excluding hydrogens is 190 g/mol. The lowest BCUT2D eigenvalue weighted by Gasteiger charge is -2.05. The summed E-state index contributed by atoms with van der Waals surface area (Å²) in [7, 11) is 0. The number of carbonyl (C=O) groups excluding carboxylic acids is 1. The van der Waals surface area contributed by atoms with Crippen LogP contribution in [0.5, 0.6) is 0 Å². The van der Waals surface area contributed by atoms with Gasteiger partial charge >= 0.3 is 5.97 Å². The van der Waals surface area contributed by atoms with Crippen molar-refractivity contribution in [3.8, 4) is 0 Å². The molecule has 13 heavy (non-hydrogen) atoms. The molecule has 1 aromatic heterocycles. The number of aliphatic hydroxyl groups excluding tert-OH is 1. The fraction of sp³-hybridized carbons (Fsp3) is 0.500. The van der Waals surface area contributed by atoms with E-state index >= 15 is 0 Å². The summed E-state index contributed by atoms with van der Waals surface area (Å²) >= 11 is 1.39. The summed E-state index contributed by atoms with van der Waals surface area (Å²) in [4.78, 5) is 15.0. The van der Waals surface area contributed by atoms with Crippen LogP contribution in [0.1, 0.15) is 23.7 Å². The smallest absolute Gasteiger partial charge is 0.341 e. The molecule has 0 aliphatic heterocycles. The van der Waals surface area contributed by atoms with Crippen molar-refractivity contribution >= 4 is 17.3 Å². The molecule has 0 fully saturated rings. The quantitative estimate of drug-likeness (QED) is 0.742. The van der Waals surface area contributed by atoms with Crippen molar-refractivity contribution in [3.05, 3.63) is 16.1 Å². The van der Waals surface area contributed by atoms with Gasteiger partial charge in [-0.3, -0.25) is 0 Å². The van der Waals surface area contributed by atoms with E-state index in [9.17, 15) is 9.90 Å². The Kier molecular flexibility index (Phi) is 3.39. The van der Waals surface area contributed by atoms with Crippen molar-refractivity contribution in [3.63, 3.8) is 0 Å². The number of carbonyl (C=O) groups is 1. The van der Waals surface area contributed by atoms with Crippen molar-refractivity contribution in [1.82, 2.24) is 4.98 Å². The zero-order chi connectivity index (χ0) is 9.84. The van der Waals surface area contributed by atoms with Gasteiger partial charge in [-0.2, -0.15) is 0 Å². The van der Waals surface area contributed by atoms with E-state index in [1.807, 2.05) is 6.92 Å². The van der Waals surface area contributed by atoms with Crippen LogP contribution in [0, 0.1) is 6.92 Å². The lowest BCUT2D eigenvalue weighted by Crippen LogP contribution is -2.15. The van der Waals surface area contributed by atoms with Crippen molar-refractivity contribution in [2.24, 2.45) is 0 Å². The predicted octanol–water partition coefficient (Wildman–Crippen LogP) is 1.05. The maximum atomic E-state index is 11.0. The second kappa shape index (κ2) is 4.34. The molecule has 0 spiro atoms. The van der Waals surface area contributed by atoms with Crippen LogP contribution >= 0.6 is 11.3 Å². The van der Waals surface area contributed by atoms with Gasteiger partial charge in [-0.1, -0.05) is 0 Å². The molecule has 0 aromatic carbocycles. The SMILES string of the molecule is CCOC(=O)C(O)c1csc(C)n1. The number of hydrogen-bond acceptors (Lipinski definition) is 5. The minimum atomic E-state index is -1.25. The molecule has 1 rings (SSSR count). The number of aliphatic hydroxyl groups is 1. The molecule has 0 amide bonds. The van der Waals surface area contributed by atoms with Crippen LogP contribution in [0.4, 0.5) is 0 Å². The van der Waals surface area contributed by atoms with Gasteiger partial charge in [-0.15, -0.1) is 11.3 Å². The van der Waals surface area contributed by atoms with Gasteiger partial charge in [0.2, 0.25) is 0 Å². The van der Waals surface area contributed by atoms with Crippen LogP contribution in [-0.4, -0.2) is 22.7 Å². The van der Waals surface area contributed by atoms with Gasteiger partial charge in [0.15, 0.2) is 6.10 Å². The van der Waals surface area contributed by atoms with E-state index in [2.05, 4.69) is 9.72 Å². The van der Waals surface area contributed by atoms with Crippen LogP contribution in [0.15, 0.2) is 5.38 Å². The highest BCUT2D eigenvalue weighted by Gasteiger charge is 2.20. The Balaban J connectivity index is 2.67. The molecule has 1 atom stereocenters. The van der Waals surface area contributed by atoms with Gasteiger partial charge < -0.3 is 9.84 Å². The van der Waals surface area contributed by atoms with E-state index in [1.165, 1.54) is 11.3 Å². The lowest BCUT2D eigenvalue weighted by atomic mass is 10.3. The monoisotopic (exact) mass is 201 g/mol. The van der Waals surface area contributed by atoms with Crippen LogP contribution in [0.2, 0.25) is 0 Å². The Morgan fingerprint density at radius 2 is 2.54 bits per heavy atom. The third-order valence-electron chi connectivity index (χ3n) is 1.43. The first-order valence-electron chi connectivity index (χ1n) is 3.92. The first-order valence-corrected chi connectivity index (χ1v) is 4.79. The Hall–Kier alpha value is -0.940. The van der Waals surface area contributed by atoms with Crippen LogP contribution in [0.25, 0.3) is 0 Å². The van der Waals surface area contributed by atoms with Gasteiger partial charge in [0.1, 0.15) is 0 Å². The second-order valence-corrected chi connectivity index (χ2v) is 3.51. The minimum Gasteiger partial charge on any atom is -0.464 e. The molecule has 0 aliphatic carbocycles. The number of esters is 1. The molecule has 72 valence electrons. The average molecular weight is 201 g/mol. The largest absolute Gasteiger partial charge is 0.464 e. The molecule has 0 aliphatic rings. The Bertz CT molecular complexity index is 297. The standard InChI is InChI=1S/C8H11NO3S/c1-3-12-8(11)7(10)6-4-13-5(2)9-6/h4,7,10H,3H2,1-2H3. The highest BCUT2D eigenvalue weighted by Crippen LogP contribution is 2.16. The van der Waals surface area contributed by atoms with Gasteiger partial charge in [-0.25, -0.2) is 9.78 Å². The molecule has 0 saturated heterocycles. The summed E-state index contributed by atoms with van der Waals surface area (Å²) in [5, 5.41) is 11.9. The van der Waals surface area contributed by atoms with Crippen LogP contribution in [0.3, 0.4) is 0 Å². The maximum absolute atomic E-state index is 11.0. The fourth-order valence-electron chi connectivity index (χ4n) is 0.848. The number of nitrogens with zero attached hydrogens (tertiary/aromatic N) is 1. The van der Waals surface area contributed by atoms with E-state index in [0.29, 0.717) is 5.69 Å². The third-order valence-corrected chi connectivity index (χ3v) is 2.22. The van der Waals surface area contributed by atoms with Crippen molar-refractivity contribution < 1.29 is 14.6 Å². The molecule has 1 N–H and O–H groups in total. The second-order valence-electron chi connectivity index (χ2n) is 2.45. The third kappa shape index (κ3) is 2.50. The van der Waals surface area contributed by atoms with Crippen molar-refractivity contribution in [1.29, 1.82) is 0 Å². The molecular formula is C8H11NO3S. The summed E-state index contributed by atoms with van der Waals surface area (Å²) in [6.07, 6.45) is -1.25. The van der Waals surface area contributed by atoms with Crippen LogP contribution in [-0.2, 0) is 9.53 Å². The topological polar surface area (TPSA) is 59.4 Å². The Morgan fingerprint density at radius 1 is 1.85 bits per heavy atom. The molecule has 1 aromatic rings. The summed E-state index contributed by atoms with van der Waals surface area (Å²) in [6, 6.07) is 0. The number of aryl methyl sites for hydroxylation is 1. The van der Waals surface area contributed by atoms with Gasteiger partial charge in [0, 0.05) is 5.38 Å². The summed E-state index contributed by atoms with van der Waals surface area (Å²) in [5.74, 6) is -0.646. The van der Waals surface area contributed by atoms with Gasteiger partial charge in [-0.05, 0) is 13.8 Å². The number of thiazole rings is 1. The zero-order valence-electron chi connectivity index (χ0n) is 7.48. The van der Waals surface area contributed by atoms with Gasteiger partial charge in [0.05, 0.1) is 17.3 Å². The van der Waals surface area contributed by atoms with Crippen molar-refractivity contribution in [2.45, 2.75) is 20.0 Å². The maximum Gasteiger partial charge on any atom is 0.341 e. The highest BCUT2D eigenvalue weighted by atomic mass is 32.1. The number of rotatable bonds is 3. The molecule has 1 unspecified atom stereocenters. The van der Waals surface area contributed by atoms with Crippen LogP contribution < -0.4 is 0 Å². The lowest BCUT2D eigenvalue weighted by molar-refractivity contribution is -0.153. The summed E-state index contributed by atoms with van der Waals surface area (Å²) < 4.78 is 4.64. The molecule has 5 heteroatoms. The predicted molar refractivity (Wildman–Crippen MR) is 48.4 cm³/mol. The molecule has 0 bridgehead atoms. The highest BCUT2D eigenvalue weighted by molar-refractivity contribution is 7.09. The number of ether oxygens (including phenoxy) is 1. The zero-order valence-corrected chi connectivity index (χ0v) is 8.30. The van der Waals surface area contributed by atoms with E-state index in [0.717, 1.165) is 5.01 Å². The number of aromatic nitrogens is 1. The number of hydrogen-bond donors (Lipinski definition) is 1. The Labute approximate surface area is 80.2 Å². The molecule has 4 nitrogen and oxygen atoms in total. The van der Waals surface area contributed by atoms with E-state index in [1.54, 1.807) is 12.3 Å².